The maximum absolute atomic E-state index is 12.4. The molecule has 0 radical (unpaired) electrons. The molecule has 0 bridgehead atoms. The summed E-state index contributed by atoms with van der Waals surface area (Å²) in [5, 5.41) is 13.8. The van der Waals surface area contributed by atoms with Crippen LogP contribution < -0.4 is 10.6 Å². The predicted molar refractivity (Wildman–Crippen MR) is 115 cm³/mol. The lowest BCUT2D eigenvalue weighted by Crippen LogP contribution is -2.28. The van der Waals surface area contributed by atoms with E-state index >= 15 is 0 Å². The number of amides is 2. The van der Waals surface area contributed by atoms with Crippen LogP contribution in [-0.4, -0.2) is 27.9 Å². The number of carbonyl (C=O) groups is 2. The zero-order valence-electron chi connectivity index (χ0n) is 16.0. The molecule has 28 heavy (non-hydrogen) atoms. The molecule has 3 rings (SSSR count). The van der Waals surface area contributed by atoms with E-state index in [1.165, 1.54) is 11.8 Å². The molecule has 1 aliphatic rings. The van der Waals surface area contributed by atoms with Gasteiger partial charge >= 0.3 is 0 Å². The zero-order valence-corrected chi connectivity index (χ0v) is 16.8. The quantitative estimate of drug-likeness (QED) is 0.600. The summed E-state index contributed by atoms with van der Waals surface area (Å²) in [5.74, 6) is -0.431. The lowest BCUT2D eigenvalue weighted by molar-refractivity contribution is -0.122. The Morgan fingerprint density at radius 1 is 1.14 bits per heavy atom. The highest BCUT2D eigenvalue weighted by atomic mass is 32.2. The highest BCUT2D eigenvalue weighted by molar-refractivity contribution is 8.15. The van der Waals surface area contributed by atoms with Gasteiger partial charge in [-0.25, -0.2) is 0 Å². The molecule has 2 aromatic rings. The van der Waals surface area contributed by atoms with Gasteiger partial charge in [0.25, 0.3) is 0 Å². The van der Waals surface area contributed by atoms with E-state index in [-0.39, 0.29) is 18.2 Å². The van der Waals surface area contributed by atoms with E-state index in [0.29, 0.717) is 5.17 Å². The topological polar surface area (TPSA) is 82.9 Å². The summed E-state index contributed by atoms with van der Waals surface area (Å²) in [6.45, 7) is 5.81. The minimum Gasteiger partial charge on any atom is -0.326 e. The van der Waals surface area contributed by atoms with Crippen molar-refractivity contribution in [2.75, 3.05) is 5.32 Å². The Balaban J connectivity index is 1.61. The van der Waals surface area contributed by atoms with Gasteiger partial charge in [-0.3, -0.25) is 9.59 Å². The van der Waals surface area contributed by atoms with Crippen LogP contribution in [-0.2, 0) is 9.59 Å². The number of nitrogens with zero attached hydrogens (tertiary/aromatic N) is 2. The third-order valence-electron chi connectivity index (χ3n) is 4.51. The van der Waals surface area contributed by atoms with Gasteiger partial charge in [0.1, 0.15) is 5.25 Å². The molecule has 0 aliphatic carbocycles. The van der Waals surface area contributed by atoms with Crippen molar-refractivity contribution in [2.24, 2.45) is 10.2 Å². The van der Waals surface area contributed by atoms with Gasteiger partial charge < -0.3 is 10.6 Å². The van der Waals surface area contributed by atoms with Gasteiger partial charge in [-0.1, -0.05) is 54.2 Å². The van der Waals surface area contributed by atoms with Crippen LogP contribution in [0, 0.1) is 13.8 Å². The van der Waals surface area contributed by atoms with Gasteiger partial charge in [0, 0.05) is 12.1 Å². The summed E-state index contributed by atoms with van der Waals surface area (Å²) in [4.78, 5) is 24.5. The lowest BCUT2D eigenvalue weighted by atomic mass is 10.1. The first-order valence-corrected chi connectivity index (χ1v) is 9.83. The second-order valence-corrected chi connectivity index (χ2v) is 7.74. The minimum absolute atomic E-state index is 0.0737. The Labute approximate surface area is 168 Å². The van der Waals surface area contributed by atoms with Crippen LogP contribution >= 0.6 is 11.8 Å². The number of hydrogen-bond donors (Lipinski definition) is 2. The lowest BCUT2D eigenvalue weighted by Gasteiger charge is -2.11. The number of anilines is 1. The maximum Gasteiger partial charge on any atom is 0.240 e. The minimum atomic E-state index is -0.518. The largest absolute Gasteiger partial charge is 0.326 e. The molecule has 1 heterocycles. The van der Waals surface area contributed by atoms with Crippen molar-refractivity contribution in [3.8, 4) is 0 Å². The van der Waals surface area contributed by atoms with Crippen LogP contribution in [0.5, 0.6) is 0 Å². The molecule has 0 aromatic heterocycles. The molecule has 2 amide bonds. The van der Waals surface area contributed by atoms with Gasteiger partial charge in [0.15, 0.2) is 5.17 Å². The van der Waals surface area contributed by atoms with Crippen LogP contribution in [0.15, 0.2) is 58.7 Å². The molecule has 6 nitrogen and oxygen atoms in total. The summed E-state index contributed by atoms with van der Waals surface area (Å²) in [6.07, 6.45) is 0.0737. The number of carbonyl (C=O) groups excluding carboxylic acids is 2. The average molecular weight is 395 g/mol. The maximum atomic E-state index is 12.4. The van der Waals surface area contributed by atoms with Crippen LogP contribution in [0.1, 0.15) is 30.0 Å². The van der Waals surface area contributed by atoms with E-state index in [1.807, 2.05) is 69.3 Å². The molecule has 0 saturated carbocycles. The summed E-state index contributed by atoms with van der Waals surface area (Å²) < 4.78 is 0. The number of thioether (sulfide) groups is 1. The number of nitrogens with one attached hydrogen (secondary N) is 2. The van der Waals surface area contributed by atoms with E-state index in [1.54, 1.807) is 0 Å². The molecule has 7 heteroatoms. The van der Waals surface area contributed by atoms with Crippen molar-refractivity contribution in [3.63, 3.8) is 0 Å². The Morgan fingerprint density at radius 2 is 1.89 bits per heavy atom. The third-order valence-corrected chi connectivity index (χ3v) is 5.58. The predicted octanol–water partition coefficient (Wildman–Crippen LogP) is 3.64. The first-order chi connectivity index (χ1) is 13.4. The van der Waals surface area contributed by atoms with Crippen molar-refractivity contribution >= 4 is 40.1 Å². The molecule has 0 spiro atoms. The highest BCUT2D eigenvalue weighted by Gasteiger charge is 2.32. The molecule has 144 valence electrons. The second-order valence-electron chi connectivity index (χ2n) is 6.55. The standard InChI is InChI=1S/C21H22N4O2S/c1-13-8-7-11-17(14(13)2)22-19(26)12-18-20(27)23-21(28-18)25-24-15(3)16-9-5-4-6-10-16/h4-11,18H,12H2,1-3H3,(H,22,26)(H,23,25,27)/b24-15-/t18-/m0/s1. The molecule has 1 aliphatic heterocycles. The van der Waals surface area contributed by atoms with Crippen LogP contribution in [0.4, 0.5) is 5.69 Å². The van der Waals surface area contributed by atoms with Crippen LogP contribution in [0.25, 0.3) is 0 Å². The van der Waals surface area contributed by atoms with Gasteiger partial charge in [-0.2, -0.15) is 5.10 Å². The molecule has 1 atom stereocenters. The summed E-state index contributed by atoms with van der Waals surface area (Å²) in [6, 6.07) is 15.4. The molecule has 2 aromatic carbocycles. The first kappa shape index (κ1) is 19.8. The monoisotopic (exact) mass is 394 g/mol. The Bertz CT molecular complexity index is 954. The number of hydrogen-bond acceptors (Lipinski definition) is 5. The number of rotatable bonds is 5. The first-order valence-electron chi connectivity index (χ1n) is 8.95. The zero-order chi connectivity index (χ0) is 20.1. The smallest absolute Gasteiger partial charge is 0.240 e. The van der Waals surface area contributed by atoms with E-state index in [9.17, 15) is 9.59 Å². The van der Waals surface area contributed by atoms with E-state index in [0.717, 1.165) is 28.1 Å². The van der Waals surface area contributed by atoms with Gasteiger partial charge in [0.2, 0.25) is 11.8 Å². The molecule has 1 fully saturated rings. The molecule has 2 N–H and O–H groups in total. The molecule has 1 saturated heterocycles. The molecular formula is C21H22N4O2S. The average Bonchev–Trinajstić information content (AvgIpc) is 3.03. The van der Waals surface area contributed by atoms with Crippen molar-refractivity contribution in [1.82, 2.24) is 5.32 Å². The number of benzene rings is 2. The summed E-state index contributed by atoms with van der Waals surface area (Å²) in [7, 11) is 0. The van der Waals surface area contributed by atoms with Crippen molar-refractivity contribution < 1.29 is 9.59 Å². The van der Waals surface area contributed by atoms with E-state index < -0.39 is 5.25 Å². The van der Waals surface area contributed by atoms with Gasteiger partial charge in [-0.15, -0.1) is 5.10 Å². The fraction of sp³-hybridized carbons (Fsp3) is 0.238. The molecule has 0 unspecified atom stereocenters. The van der Waals surface area contributed by atoms with Gasteiger partial charge in [0.05, 0.1) is 5.71 Å². The Morgan fingerprint density at radius 3 is 2.64 bits per heavy atom. The van der Waals surface area contributed by atoms with Crippen LogP contribution in [0.3, 0.4) is 0 Å². The SMILES string of the molecule is C/C(=N/N=C1\NC(=O)[C@H](CC(=O)Nc2cccc(C)c2C)S1)c1ccccc1. The Hall–Kier alpha value is -2.93. The molecular weight excluding hydrogens is 372 g/mol. The number of aryl methyl sites for hydroxylation is 1. The third kappa shape index (κ3) is 4.86. The van der Waals surface area contributed by atoms with Crippen LogP contribution in [0.2, 0.25) is 0 Å². The summed E-state index contributed by atoms with van der Waals surface area (Å²) >= 11 is 1.22. The van der Waals surface area contributed by atoms with Crippen molar-refractivity contribution in [1.29, 1.82) is 0 Å². The number of amidine groups is 1. The Kier molecular flexibility index (Phi) is 6.26. The normalized spacial score (nSPS) is 18.2. The highest BCUT2D eigenvalue weighted by Crippen LogP contribution is 2.24. The van der Waals surface area contributed by atoms with Crippen molar-refractivity contribution in [3.05, 3.63) is 65.2 Å². The summed E-state index contributed by atoms with van der Waals surface area (Å²) in [5.41, 5.74) is 4.61. The van der Waals surface area contributed by atoms with E-state index in [4.69, 9.17) is 0 Å². The van der Waals surface area contributed by atoms with E-state index in [2.05, 4.69) is 20.8 Å². The van der Waals surface area contributed by atoms with Gasteiger partial charge in [-0.05, 0) is 43.5 Å². The second kappa shape index (κ2) is 8.84. The fourth-order valence-corrected chi connectivity index (χ4v) is 3.62. The van der Waals surface area contributed by atoms with Crippen molar-refractivity contribution in [2.45, 2.75) is 32.4 Å². The fourth-order valence-electron chi connectivity index (χ4n) is 2.70.